The van der Waals surface area contributed by atoms with E-state index in [1.807, 2.05) is 4.90 Å². The number of nitrogens with zero attached hydrogens (tertiary/aromatic N) is 1. The van der Waals surface area contributed by atoms with Crippen LogP contribution in [0, 0.1) is 5.41 Å². The van der Waals surface area contributed by atoms with Crippen molar-refractivity contribution in [2.45, 2.75) is 57.5 Å². The van der Waals surface area contributed by atoms with Crippen molar-refractivity contribution in [3.05, 3.63) is 11.3 Å². The Balaban J connectivity index is 1.91. The normalized spacial score (nSPS) is 25.4. The van der Waals surface area contributed by atoms with E-state index in [0.29, 0.717) is 50.9 Å². The number of carbonyl (C=O) groups is 2. The molecule has 3 aliphatic rings. The number of Topliss-reactive ketones (excluding diaryl/α,β-unsaturated/α-hetero) is 2. The van der Waals surface area contributed by atoms with Gasteiger partial charge in [0.2, 0.25) is 0 Å². The van der Waals surface area contributed by atoms with Gasteiger partial charge in [0, 0.05) is 42.6 Å². The van der Waals surface area contributed by atoms with Crippen LogP contribution in [-0.2, 0) is 9.59 Å². The molecule has 3 nitrogen and oxygen atoms in total. The molecule has 6 heteroatoms. The number of carbonyl (C=O) groups excluding carboxylic acids is 2. The molecular formula is C16H20F3NO2. The molecule has 1 spiro atoms. The Labute approximate surface area is 127 Å². The first-order valence-electron chi connectivity index (χ1n) is 7.95. The van der Waals surface area contributed by atoms with E-state index in [-0.39, 0.29) is 11.4 Å². The molecule has 1 saturated heterocycles. The molecule has 0 aromatic rings. The van der Waals surface area contributed by atoms with Crippen LogP contribution in [0.2, 0.25) is 0 Å². The molecule has 1 heterocycles. The van der Waals surface area contributed by atoms with Crippen molar-refractivity contribution in [2.24, 2.45) is 5.41 Å². The first-order chi connectivity index (χ1) is 10.3. The summed E-state index contributed by atoms with van der Waals surface area (Å²) in [7, 11) is 0. The van der Waals surface area contributed by atoms with E-state index in [1.54, 1.807) is 0 Å². The van der Waals surface area contributed by atoms with Crippen LogP contribution >= 0.6 is 0 Å². The minimum Gasteiger partial charge on any atom is -0.374 e. The summed E-state index contributed by atoms with van der Waals surface area (Å²) in [5.41, 5.74) is 0.00698. The lowest BCUT2D eigenvalue weighted by Crippen LogP contribution is -2.49. The standard InChI is InChI=1S/C16H20F3NO2/c17-16(18,19)14(22)13-12(20-8-4-11(21)5-9-20)10-15(13)6-2-1-3-7-15/h1-10H2. The third-order valence-electron chi connectivity index (χ3n) is 5.32. The van der Waals surface area contributed by atoms with E-state index >= 15 is 0 Å². The Kier molecular flexibility index (Phi) is 3.81. The third-order valence-corrected chi connectivity index (χ3v) is 5.32. The molecule has 1 aliphatic heterocycles. The number of allylic oxidation sites excluding steroid dienone is 2. The van der Waals surface area contributed by atoms with Crippen molar-refractivity contribution in [1.82, 2.24) is 4.90 Å². The number of rotatable bonds is 2. The number of hydrogen-bond acceptors (Lipinski definition) is 3. The van der Waals surface area contributed by atoms with Crippen LogP contribution in [0.5, 0.6) is 0 Å². The van der Waals surface area contributed by atoms with Crippen molar-refractivity contribution in [1.29, 1.82) is 0 Å². The van der Waals surface area contributed by atoms with Crippen LogP contribution in [0.4, 0.5) is 13.2 Å². The number of alkyl halides is 3. The van der Waals surface area contributed by atoms with Crippen LogP contribution in [-0.4, -0.2) is 35.7 Å². The lowest BCUT2D eigenvalue weighted by Gasteiger charge is -2.51. The summed E-state index contributed by atoms with van der Waals surface area (Å²) in [4.78, 5) is 25.1. The lowest BCUT2D eigenvalue weighted by molar-refractivity contribution is -0.169. The molecule has 0 bridgehead atoms. The van der Waals surface area contributed by atoms with Gasteiger partial charge < -0.3 is 4.90 Å². The average Bonchev–Trinajstić information content (AvgIpc) is 2.46. The highest BCUT2D eigenvalue weighted by Crippen LogP contribution is 2.57. The number of halogens is 3. The molecule has 0 amide bonds. The summed E-state index contributed by atoms with van der Waals surface area (Å²) in [6.07, 6.45) is 0.661. The molecule has 0 N–H and O–H groups in total. The number of piperidine rings is 1. The molecule has 2 fully saturated rings. The molecule has 2 aliphatic carbocycles. The predicted octanol–water partition coefficient (Wildman–Crippen LogP) is 3.39. The van der Waals surface area contributed by atoms with Gasteiger partial charge in [-0.25, -0.2) is 0 Å². The Bertz CT molecular complexity index is 520. The second-order valence-corrected chi connectivity index (χ2v) is 6.69. The zero-order valence-corrected chi connectivity index (χ0v) is 12.5. The summed E-state index contributed by atoms with van der Waals surface area (Å²) in [5, 5.41) is 0. The molecule has 122 valence electrons. The van der Waals surface area contributed by atoms with Crippen molar-refractivity contribution in [3.63, 3.8) is 0 Å². The fourth-order valence-corrected chi connectivity index (χ4v) is 4.16. The van der Waals surface area contributed by atoms with Gasteiger partial charge in [0.25, 0.3) is 5.78 Å². The van der Waals surface area contributed by atoms with Gasteiger partial charge in [-0.3, -0.25) is 9.59 Å². The number of hydrogen-bond donors (Lipinski definition) is 0. The SMILES string of the molecule is O=C1CCN(C2=C(C(=O)C(F)(F)F)C3(CCCCC3)C2)CC1. The Hall–Kier alpha value is -1.33. The maximum absolute atomic E-state index is 13.0. The molecule has 0 unspecified atom stereocenters. The van der Waals surface area contributed by atoms with Crippen molar-refractivity contribution in [2.75, 3.05) is 13.1 Å². The van der Waals surface area contributed by atoms with E-state index in [2.05, 4.69) is 0 Å². The second-order valence-electron chi connectivity index (χ2n) is 6.69. The van der Waals surface area contributed by atoms with Gasteiger partial charge >= 0.3 is 6.18 Å². The smallest absolute Gasteiger partial charge is 0.374 e. The van der Waals surface area contributed by atoms with Crippen LogP contribution in [0.25, 0.3) is 0 Å². The van der Waals surface area contributed by atoms with Gasteiger partial charge in [0.05, 0.1) is 0 Å². The van der Waals surface area contributed by atoms with E-state index in [4.69, 9.17) is 0 Å². The van der Waals surface area contributed by atoms with Crippen LogP contribution in [0.3, 0.4) is 0 Å². The lowest BCUT2D eigenvalue weighted by atomic mass is 9.57. The maximum atomic E-state index is 13.0. The third kappa shape index (κ3) is 2.57. The van der Waals surface area contributed by atoms with Crippen molar-refractivity contribution >= 4 is 11.6 Å². The summed E-state index contributed by atoms with van der Waals surface area (Å²) in [6, 6.07) is 0. The van der Waals surface area contributed by atoms with E-state index < -0.39 is 17.4 Å². The minimum atomic E-state index is -4.81. The van der Waals surface area contributed by atoms with Crippen LogP contribution < -0.4 is 0 Å². The fourth-order valence-electron chi connectivity index (χ4n) is 4.16. The number of ketones is 2. The van der Waals surface area contributed by atoms with Gasteiger partial charge in [0.15, 0.2) is 0 Å². The van der Waals surface area contributed by atoms with Gasteiger partial charge in [-0.15, -0.1) is 0 Å². The van der Waals surface area contributed by atoms with E-state index in [0.717, 1.165) is 19.3 Å². The maximum Gasteiger partial charge on any atom is 0.454 e. The van der Waals surface area contributed by atoms with Crippen molar-refractivity contribution in [3.8, 4) is 0 Å². The van der Waals surface area contributed by atoms with E-state index in [1.165, 1.54) is 0 Å². The quantitative estimate of drug-likeness (QED) is 0.784. The zero-order chi connectivity index (χ0) is 16.0. The largest absolute Gasteiger partial charge is 0.454 e. The van der Waals surface area contributed by atoms with Crippen molar-refractivity contribution < 1.29 is 22.8 Å². The summed E-state index contributed by atoms with van der Waals surface area (Å²) < 4.78 is 39.0. The average molecular weight is 315 g/mol. The zero-order valence-electron chi connectivity index (χ0n) is 12.5. The molecule has 0 atom stereocenters. The highest BCUT2D eigenvalue weighted by molar-refractivity contribution is 6.03. The number of likely N-dealkylation sites (tertiary alicyclic amines) is 1. The fraction of sp³-hybridized carbons (Fsp3) is 0.750. The highest BCUT2D eigenvalue weighted by Gasteiger charge is 2.56. The van der Waals surface area contributed by atoms with Gasteiger partial charge in [-0.2, -0.15) is 13.2 Å². The van der Waals surface area contributed by atoms with E-state index in [9.17, 15) is 22.8 Å². The molecule has 22 heavy (non-hydrogen) atoms. The molecule has 0 aromatic carbocycles. The molecule has 3 rings (SSSR count). The summed E-state index contributed by atoms with van der Waals surface area (Å²) in [6.45, 7) is 0.887. The Morgan fingerprint density at radius 2 is 1.64 bits per heavy atom. The molecule has 0 radical (unpaired) electrons. The van der Waals surface area contributed by atoms with Crippen LogP contribution in [0.1, 0.15) is 51.4 Å². The van der Waals surface area contributed by atoms with Gasteiger partial charge in [-0.1, -0.05) is 19.3 Å². The summed E-state index contributed by atoms with van der Waals surface area (Å²) >= 11 is 0. The monoisotopic (exact) mass is 315 g/mol. The van der Waals surface area contributed by atoms with Gasteiger partial charge in [0.1, 0.15) is 5.78 Å². The summed E-state index contributed by atoms with van der Waals surface area (Å²) in [5.74, 6) is -1.51. The highest BCUT2D eigenvalue weighted by atomic mass is 19.4. The van der Waals surface area contributed by atoms with Crippen LogP contribution in [0.15, 0.2) is 11.3 Å². The minimum absolute atomic E-state index is 0.00838. The molecule has 1 saturated carbocycles. The predicted molar refractivity (Wildman–Crippen MR) is 74.0 cm³/mol. The molecule has 0 aromatic heterocycles. The first-order valence-corrected chi connectivity index (χ1v) is 7.95. The van der Waals surface area contributed by atoms with Gasteiger partial charge in [-0.05, 0) is 19.3 Å². The Morgan fingerprint density at radius 1 is 1.05 bits per heavy atom. The molecular weight excluding hydrogens is 295 g/mol. The second kappa shape index (κ2) is 5.39. The Morgan fingerprint density at radius 3 is 2.18 bits per heavy atom. The topological polar surface area (TPSA) is 37.4 Å². The first kappa shape index (κ1) is 15.6.